The molecule has 7 nitrogen and oxygen atoms in total. The molecule has 0 spiro atoms. The number of carbonyl (C=O) groups excluding carboxylic acids is 1. The Balaban J connectivity index is 1.69. The van der Waals surface area contributed by atoms with Crippen molar-refractivity contribution in [3.63, 3.8) is 0 Å². The number of rotatable bonds is 6. The number of nitrogens with one attached hydrogen (secondary N) is 1. The van der Waals surface area contributed by atoms with Crippen molar-refractivity contribution >= 4 is 34.7 Å². The molecule has 1 amide bonds. The standard InChI is InChI=1S/C18H20FN5O2S/c1-12(27)22-9-15-11-24(18(25)26-15)14-3-4-17(16(19)7-14)23(2)10-13-8-20-5-6-21-13/h3-8,15H,9-11H2,1-2H3,(H,22,27)/t15-/m0/s1. The van der Waals surface area contributed by atoms with Gasteiger partial charge in [-0.1, -0.05) is 12.2 Å². The highest BCUT2D eigenvalue weighted by Crippen LogP contribution is 2.28. The van der Waals surface area contributed by atoms with Gasteiger partial charge in [0.25, 0.3) is 0 Å². The number of ether oxygens (including phenoxy) is 1. The Hall–Kier alpha value is -2.81. The Labute approximate surface area is 162 Å². The van der Waals surface area contributed by atoms with Gasteiger partial charge in [-0.25, -0.2) is 9.18 Å². The van der Waals surface area contributed by atoms with E-state index in [1.54, 1.807) is 49.6 Å². The molecule has 0 bridgehead atoms. The van der Waals surface area contributed by atoms with E-state index >= 15 is 0 Å². The molecular formula is C18H20FN5O2S. The lowest BCUT2D eigenvalue weighted by Crippen LogP contribution is -2.32. The minimum atomic E-state index is -0.496. The maximum atomic E-state index is 14.6. The molecule has 1 aliphatic heterocycles. The normalized spacial score (nSPS) is 16.2. The number of carbonyl (C=O) groups is 1. The van der Waals surface area contributed by atoms with Crippen LogP contribution in [0.1, 0.15) is 12.6 Å². The smallest absolute Gasteiger partial charge is 0.414 e. The van der Waals surface area contributed by atoms with Gasteiger partial charge in [-0.2, -0.15) is 0 Å². The number of thiocarbonyl (C=S) groups is 1. The lowest BCUT2D eigenvalue weighted by molar-refractivity contribution is 0.143. The molecule has 2 aromatic rings. The molecular weight excluding hydrogens is 369 g/mol. The molecule has 142 valence electrons. The van der Waals surface area contributed by atoms with Crippen molar-refractivity contribution < 1.29 is 13.9 Å². The fourth-order valence-electron chi connectivity index (χ4n) is 2.81. The monoisotopic (exact) mass is 389 g/mol. The fourth-order valence-corrected chi connectivity index (χ4v) is 2.89. The predicted molar refractivity (Wildman–Crippen MR) is 104 cm³/mol. The van der Waals surface area contributed by atoms with Crippen molar-refractivity contribution in [2.24, 2.45) is 0 Å². The quantitative estimate of drug-likeness (QED) is 0.761. The van der Waals surface area contributed by atoms with Gasteiger partial charge in [0.15, 0.2) is 0 Å². The van der Waals surface area contributed by atoms with Crippen LogP contribution in [0.15, 0.2) is 36.8 Å². The molecule has 1 aromatic carbocycles. The number of amides is 1. The van der Waals surface area contributed by atoms with E-state index in [2.05, 4.69) is 15.3 Å². The van der Waals surface area contributed by atoms with Crippen LogP contribution in [-0.4, -0.2) is 47.3 Å². The molecule has 0 radical (unpaired) electrons. The SMILES string of the molecule is CC(=S)NC[C@H]1CN(c2ccc(N(C)Cc3cnccn3)c(F)c2)C(=O)O1. The number of cyclic esters (lactones) is 1. The lowest BCUT2D eigenvalue weighted by Gasteiger charge is -2.21. The zero-order chi connectivity index (χ0) is 19.4. The van der Waals surface area contributed by atoms with Crippen LogP contribution >= 0.6 is 12.2 Å². The molecule has 1 aromatic heterocycles. The highest BCUT2D eigenvalue weighted by Gasteiger charge is 2.32. The first kappa shape index (κ1) is 19.0. The molecule has 1 atom stereocenters. The molecule has 0 aliphatic carbocycles. The Kier molecular flexibility index (Phi) is 5.80. The molecule has 2 heterocycles. The Morgan fingerprint density at radius 2 is 2.30 bits per heavy atom. The van der Waals surface area contributed by atoms with E-state index in [4.69, 9.17) is 17.0 Å². The van der Waals surface area contributed by atoms with Gasteiger partial charge in [0.05, 0.1) is 47.9 Å². The average molecular weight is 389 g/mol. The molecule has 27 heavy (non-hydrogen) atoms. The van der Waals surface area contributed by atoms with E-state index < -0.39 is 11.9 Å². The molecule has 0 saturated carbocycles. The number of halogens is 1. The first-order valence-electron chi connectivity index (χ1n) is 8.42. The summed E-state index contributed by atoms with van der Waals surface area (Å²) in [7, 11) is 1.77. The van der Waals surface area contributed by atoms with E-state index in [-0.39, 0.29) is 6.10 Å². The minimum absolute atomic E-state index is 0.336. The van der Waals surface area contributed by atoms with Crippen LogP contribution in [0.2, 0.25) is 0 Å². The first-order chi connectivity index (χ1) is 12.9. The molecule has 1 saturated heterocycles. The Morgan fingerprint density at radius 3 is 2.96 bits per heavy atom. The van der Waals surface area contributed by atoms with Gasteiger partial charge >= 0.3 is 6.09 Å². The summed E-state index contributed by atoms with van der Waals surface area (Å²) < 4.78 is 19.9. The van der Waals surface area contributed by atoms with Gasteiger partial charge in [0.2, 0.25) is 0 Å². The van der Waals surface area contributed by atoms with Crippen LogP contribution in [0.3, 0.4) is 0 Å². The number of aromatic nitrogens is 2. The van der Waals surface area contributed by atoms with Crippen molar-refractivity contribution in [3.05, 3.63) is 48.3 Å². The van der Waals surface area contributed by atoms with Gasteiger partial charge < -0.3 is 15.0 Å². The molecule has 0 unspecified atom stereocenters. The summed E-state index contributed by atoms with van der Waals surface area (Å²) in [5, 5.41) is 2.97. The van der Waals surface area contributed by atoms with Crippen molar-refractivity contribution in [1.29, 1.82) is 0 Å². The van der Waals surface area contributed by atoms with Crippen molar-refractivity contribution in [2.45, 2.75) is 19.6 Å². The molecule has 3 rings (SSSR count). The number of benzene rings is 1. The second kappa shape index (κ2) is 8.26. The summed E-state index contributed by atoms with van der Waals surface area (Å²) in [4.78, 5) is 24.1. The number of hydrogen-bond donors (Lipinski definition) is 1. The van der Waals surface area contributed by atoms with Crippen LogP contribution in [0.4, 0.5) is 20.6 Å². The number of nitrogens with zero attached hydrogens (tertiary/aromatic N) is 4. The van der Waals surface area contributed by atoms with Crippen LogP contribution < -0.4 is 15.1 Å². The van der Waals surface area contributed by atoms with E-state index in [1.807, 2.05) is 0 Å². The third kappa shape index (κ3) is 4.68. The molecule has 1 N–H and O–H groups in total. The highest BCUT2D eigenvalue weighted by atomic mass is 32.1. The first-order valence-corrected chi connectivity index (χ1v) is 8.83. The predicted octanol–water partition coefficient (Wildman–Crippen LogP) is 2.51. The van der Waals surface area contributed by atoms with E-state index in [1.165, 1.54) is 11.0 Å². The topological polar surface area (TPSA) is 70.6 Å². The van der Waals surface area contributed by atoms with E-state index in [9.17, 15) is 9.18 Å². The Morgan fingerprint density at radius 1 is 1.48 bits per heavy atom. The summed E-state index contributed by atoms with van der Waals surface area (Å²) in [6, 6.07) is 4.68. The second-order valence-electron chi connectivity index (χ2n) is 6.24. The average Bonchev–Trinajstić information content (AvgIpc) is 3.01. The van der Waals surface area contributed by atoms with Crippen LogP contribution in [-0.2, 0) is 11.3 Å². The summed E-state index contributed by atoms with van der Waals surface area (Å²) in [5.74, 6) is -0.428. The van der Waals surface area contributed by atoms with Crippen molar-refractivity contribution in [1.82, 2.24) is 15.3 Å². The third-order valence-electron chi connectivity index (χ3n) is 4.12. The van der Waals surface area contributed by atoms with Gasteiger partial charge in [-0.05, 0) is 25.1 Å². The zero-order valence-corrected chi connectivity index (χ0v) is 15.9. The van der Waals surface area contributed by atoms with Gasteiger partial charge in [0, 0.05) is 19.4 Å². The number of anilines is 2. The third-order valence-corrected chi connectivity index (χ3v) is 4.27. The molecule has 1 fully saturated rings. The maximum Gasteiger partial charge on any atom is 0.414 e. The maximum absolute atomic E-state index is 14.6. The van der Waals surface area contributed by atoms with Crippen LogP contribution in [0.5, 0.6) is 0 Å². The van der Waals surface area contributed by atoms with Crippen molar-refractivity contribution in [3.8, 4) is 0 Å². The van der Waals surface area contributed by atoms with Crippen molar-refractivity contribution in [2.75, 3.05) is 29.9 Å². The van der Waals surface area contributed by atoms with Crippen LogP contribution in [0, 0.1) is 5.82 Å². The summed E-state index contributed by atoms with van der Waals surface area (Å²) in [5.41, 5.74) is 1.60. The molecule has 1 aliphatic rings. The van der Waals surface area contributed by atoms with E-state index in [0.29, 0.717) is 36.0 Å². The highest BCUT2D eigenvalue weighted by molar-refractivity contribution is 7.80. The van der Waals surface area contributed by atoms with Gasteiger partial charge in [-0.15, -0.1) is 0 Å². The largest absolute Gasteiger partial charge is 0.442 e. The summed E-state index contributed by atoms with van der Waals surface area (Å²) >= 11 is 4.96. The van der Waals surface area contributed by atoms with Crippen LogP contribution in [0.25, 0.3) is 0 Å². The lowest BCUT2D eigenvalue weighted by atomic mass is 10.2. The second-order valence-corrected chi connectivity index (χ2v) is 6.85. The molecule has 9 heteroatoms. The zero-order valence-electron chi connectivity index (χ0n) is 15.1. The Bertz CT molecular complexity index is 836. The fraction of sp³-hybridized carbons (Fsp3) is 0.333. The summed E-state index contributed by atoms with van der Waals surface area (Å²) in [6.45, 7) is 2.94. The minimum Gasteiger partial charge on any atom is -0.442 e. The van der Waals surface area contributed by atoms with Gasteiger partial charge in [0.1, 0.15) is 11.9 Å². The number of hydrogen-bond acceptors (Lipinski definition) is 6. The van der Waals surface area contributed by atoms with Gasteiger partial charge in [-0.3, -0.25) is 14.9 Å². The summed E-state index contributed by atoms with van der Waals surface area (Å²) in [6.07, 6.45) is 3.99. The van der Waals surface area contributed by atoms with E-state index in [0.717, 1.165) is 5.69 Å².